The fourth-order valence-electron chi connectivity index (χ4n) is 4.79. The lowest BCUT2D eigenvalue weighted by Crippen LogP contribution is -2.30. The number of hydrogen-bond donors (Lipinski definition) is 3. The molecule has 0 bridgehead atoms. The monoisotopic (exact) mass is 672 g/mol. The molecular weight excluding hydrogens is 644 g/mol. The van der Waals surface area contributed by atoms with Crippen LogP contribution in [0.25, 0.3) is 28.1 Å². The molecule has 0 aliphatic heterocycles. The summed E-state index contributed by atoms with van der Waals surface area (Å²) < 4.78 is 13.5. The van der Waals surface area contributed by atoms with Crippen molar-refractivity contribution in [3.05, 3.63) is 149 Å². The quantitative estimate of drug-likeness (QED) is 0.1000. The van der Waals surface area contributed by atoms with E-state index in [0.29, 0.717) is 21.9 Å². The number of amides is 3. The Bertz CT molecular complexity index is 2130. The lowest BCUT2D eigenvalue weighted by atomic mass is 10.1. The molecule has 1 atom stereocenters. The molecule has 0 spiro atoms. The smallest absolute Gasteiger partial charge is 0.272 e. The highest BCUT2D eigenvalue weighted by molar-refractivity contribution is 8.00. The fourth-order valence-corrected chi connectivity index (χ4v) is 6.44. The number of fused-ring (bicyclic) bond motifs is 1. The van der Waals surface area contributed by atoms with Gasteiger partial charge in [0.25, 0.3) is 11.8 Å². The maximum atomic E-state index is 13.5. The standard InChI is InChI=1S/C38H29FN4O3S2/c1-24(35(44)43-38-42-34(23-47-38)29-17-16-26-8-5-6-11-28(26)21-29)48-32-13-7-12-31(22-32)40-37(46)33(20-25-14-18-30(39)19-15-25)41-36(45)27-9-3-2-4-10-27/h2-24H,1H3,(H,40,46)(H,41,45)(H,42,43,44)/b33-20-. The van der Waals surface area contributed by atoms with Gasteiger partial charge in [-0.25, -0.2) is 9.37 Å². The van der Waals surface area contributed by atoms with Crippen LogP contribution in [0.1, 0.15) is 22.8 Å². The van der Waals surface area contributed by atoms with E-state index in [9.17, 15) is 18.8 Å². The molecule has 10 heteroatoms. The SMILES string of the molecule is CC(Sc1cccc(NC(=O)/C(=C/c2ccc(F)cc2)NC(=O)c2ccccc2)c1)C(=O)Nc1nc(-c2ccc3ccccc3c2)cs1. The molecule has 3 N–H and O–H groups in total. The highest BCUT2D eigenvalue weighted by Crippen LogP contribution is 2.30. The Balaban J connectivity index is 1.11. The van der Waals surface area contributed by atoms with Crippen molar-refractivity contribution in [2.75, 3.05) is 10.6 Å². The van der Waals surface area contributed by atoms with E-state index in [1.807, 2.05) is 29.6 Å². The number of nitrogens with zero attached hydrogens (tertiary/aromatic N) is 1. The lowest BCUT2D eigenvalue weighted by Gasteiger charge is -2.13. The summed E-state index contributed by atoms with van der Waals surface area (Å²) in [5, 5.41) is 12.6. The Morgan fingerprint density at radius 1 is 0.812 bits per heavy atom. The van der Waals surface area contributed by atoms with Crippen LogP contribution in [0.15, 0.2) is 137 Å². The van der Waals surface area contributed by atoms with Crippen molar-refractivity contribution in [1.82, 2.24) is 10.3 Å². The van der Waals surface area contributed by atoms with Crippen molar-refractivity contribution in [2.24, 2.45) is 0 Å². The molecule has 7 nitrogen and oxygen atoms in total. The first-order valence-electron chi connectivity index (χ1n) is 15.0. The Morgan fingerprint density at radius 3 is 2.35 bits per heavy atom. The molecule has 48 heavy (non-hydrogen) atoms. The summed E-state index contributed by atoms with van der Waals surface area (Å²) in [4.78, 5) is 44.8. The Morgan fingerprint density at radius 2 is 1.56 bits per heavy atom. The predicted molar refractivity (Wildman–Crippen MR) is 192 cm³/mol. The molecule has 0 saturated heterocycles. The summed E-state index contributed by atoms with van der Waals surface area (Å²) in [6, 6.07) is 35.4. The zero-order valence-corrected chi connectivity index (χ0v) is 27.3. The van der Waals surface area contributed by atoms with E-state index in [-0.39, 0.29) is 11.6 Å². The maximum Gasteiger partial charge on any atom is 0.272 e. The van der Waals surface area contributed by atoms with E-state index in [1.165, 1.54) is 53.4 Å². The summed E-state index contributed by atoms with van der Waals surface area (Å²) in [6.45, 7) is 1.80. The van der Waals surface area contributed by atoms with Gasteiger partial charge in [-0.1, -0.05) is 72.8 Å². The number of nitrogens with one attached hydrogen (secondary N) is 3. The van der Waals surface area contributed by atoms with Crippen LogP contribution < -0.4 is 16.0 Å². The van der Waals surface area contributed by atoms with E-state index in [0.717, 1.165) is 26.9 Å². The summed E-state index contributed by atoms with van der Waals surface area (Å²) in [5.74, 6) is -1.65. The fraction of sp³-hybridized carbons (Fsp3) is 0.0526. The van der Waals surface area contributed by atoms with Gasteiger partial charge in [0.15, 0.2) is 5.13 Å². The summed E-state index contributed by atoms with van der Waals surface area (Å²) in [6.07, 6.45) is 1.48. The predicted octanol–water partition coefficient (Wildman–Crippen LogP) is 8.63. The minimum absolute atomic E-state index is 0.0206. The number of thiazole rings is 1. The second kappa shape index (κ2) is 14.9. The summed E-state index contributed by atoms with van der Waals surface area (Å²) >= 11 is 2.69. The molecule has 0 aliphatic rings. The largest absolute Gasteiger partial charge is 0.321 e. The molecule has 6 aromatic rings. The van der Waals surface area contributed by atoms with E-state index in [2.05, 4.69) is 45.2 Å². The number of carbonyl (C=O) groups is 3. The molecule has 238 valence electrons. The van der Waals surface area contributed by atoms with E-state index >= 15 is 0 Å². The van der Waals surface area contributed by atoms with Gasteiger partial charge in [0, 0.05) is 27.1 Å². The van der Waals surface area contributed by atoms with Crippen LogP contribution in [0.5, 0.6) is 0 Å². The molecule has 3 amide bonds. The van der Waals surface area contributed by atoms with Gasteiger partial charge in [0.2, 0.25) is 5.91 Å². The van der Waals surface area contributed by atoms with E-state index in [4.69, 9.17) is 0 Å². The van der Waals surface area contributed by atoms with Crippen LogP contribution in [0.3, 0.4) is 0 Å². The van der Waals surface area contributed by atoms with Gasteiger partial charge < -0.3 is 16.0 Å². The molecule has 5 aromatic carbocycles. The highest BCUT2D eigenvalue weighted by atomic mass is 32.2. The first-order chi connectivity index (χ1) is 23.3. The number of halogens is 1. The number of benzene rings is 5. The number of carbonyl (C=O) groups excluding carboxylic acids is 3. The zero-order chi connectivity index (χ0) is 33.5. The molecule has 6 rings (SSSR count). The molecular formula is C38H29FN4O3S2. The average Bonchev–Trinajstić information content (AvgIpc) is 3.57. The number of hydrogen-bond acceptors (Lipinski definition) is 6. The molecule has 1 aromatic heterocycles. The normalized spacial score (nSPS) is 11.9. The number of rotatable bonds is 10. The van der Waals surface area contributed by atoms with Gasteiger partial charge in [-0.15, -0.1) is 23.1 Å². The van der Waals surface area contributed by atoms with Crippen LogP contribution in [-0.4, -0.2) is 28.0 Å². The third-order valence-corrected chi connectivity index (χ3v) is 9.11. The zero-order valence-electron chi connectivity index (χ0n) is 25.6. The first-order valence-corrected chi connectivity index (χ1v) is 16.7. The average molecular weight is 673 g/mol. The van der Waals surface area contributed by atoms with Crippen LogP contribution in [0, 0.1) is 5.82 Å². The molecule has 1 unspecified atom stereocenters. The molecule has 0 aliphatic carbocycles. The van der Waals surface area contributed by atoms with Gasteiger partial charge in [-0.3, -0.25) is 14.4 Å². The number of thioether (sulfide) groups is 1. The number of anilines is 2. The third-order valence-electron chi connectivity index (χ3n) is 7.26. The Hall–Kier alpha value is -5.58. The molecule has 0 fully saturated rings. The van der Waals surface area contributed by atoms with E-state index in [1.54, 1.807) is 55.5 Å². The minimum atomic E-state index is -0.567. The second-order valence-electron chi connectivity index (χ2n) is 10.8. The van der Waals surface area contributed by atoms with Crippen LogP contribution in [0.4, 0.5) is 15.2 Å². The van der Waals surface area contributed by atoms with Gasteiger partial charge in [-0.2, -0.15) is 0 Å². The van der Waals surface area contributed by atoms with Crippen molar-refractivity contribution in [3.63, 3.8) is 0 Å². The van der Waals surface area contributed by atoms with E-state index < -0.39 is 22.9 Å². The maximum absolute atomic E-state index is 13.5. The molecule has 0 saturated carbocycles. The van der Waals surface area contributed by atoms with Crippen molar-refractivity contribution in [1.29, 1.82) is 0 Å². The minimum Gasteiger partial charge on any atom is -0.321 e. The van der Waals surface area contributed by atoms with Crippen molar-refractivity contribution < 1.29 is 18.8 Å². The van der Waals surface area contributed by atoms with Crippen LogP contribution >= 0.6 is 23.1 Å². The first kappa shape index (κ1) is 32.4. The van der Waals surface area contributed by atoms with Crippen molar-refractivity contribution in [2.45, 2.75) is 17.1 Å². The topological polar surface area (TPSA) is 100 Å². The van der Waals surface area contributed by atoms with Gasteiger partial charge in [0.05, 0.1) is 10.9 Å². The van der Waals surface area contributed by atoms with Crippen molar-refractivity contribution >= 4 is 68.5 Å². The molecule has 1 heterocycles. The number of aromatic nitrogens is 1. The highest BCUT2D eigenvalue weighted by Gasteiger charge is 2.18. The summed E-state index contributed by atoms with van der Waals surface area (Å²) in [7, 11) is 0. The third kappa shape index (κ3) is 8.22. The van der Waals surface area contributed by atoms with Crippen LogP contribution in [-0.2, 0) is 9.59 Å². The van der Waals surface area contributed by atoms with Gasteiger partial charge in [-0.05, 0) is 77.9 Å². The van der Waals surface area contributed by atoms with Gasteiger partial charge >= 0.3 is 0 Å². The Kier molecular flexibility index (Phi) is 10.0. The molecule has 0 radical (unpaired) electrons. The second-order valence-corrected chi connectivity index (χ2v) is 13.0. The van der Waals surface area contributed by atoms with Gasteiger partial charge in [0.1, 0.15) is 11.5 Å². The van der Waals surface area contributed by atoms with Crippen LogP contribution in [0.2, 0.25) is 0 Å². The lowest BCUT2D eigenvalue weighted by molar-refractivity contribution is -0.115. The van der Waals surface area contributed by atoms with Crippen molar-refractivity contribution in [3.8, 4) is 11.3 Å². The summed E-state index contributed by atoms with van der Waals surface area (Å²) in [5.41, 5.74) is 3.12. The Labute approximate surface area is 284 Å².